The Labute approximate surface area is 113 Å². The summed E-state index contributed by atoms with van der Waals surface area (Å²) < 4.78 is 6.81. The lowest BCUT2D eigenvalue weighted by molar-refractivity contribution is 0.184. The molecule has 19 heavy (non-hydrogen) atoms. The number of ether oxygens (including phenoxy) is 1. The van der Waals surface area contributed by atoms with Gasteiger partial charge in [0.15, 0.2) is 0 Å². The zero-order valence-corrected chi connectivity index (χ0v) is 11.2. The van der Waals surface area contributed by atoms with Gasteiger partial charge in [0.2, 0.25) is 0 Å². The van der Waals surface area contributed by atoms with E-state index in [1.807, 2.05) is 31.2 Å². The molecule has 1 heterocycles. The number of terminal acetylenes is 1. The zero-order valence-electron chi connectivity index (χ0n) is 11.2. The Morgan fingerprint density at radius 2 is 2.05 bits per heavy atom. The molecule has 98 valence electrons. The van der Waals surface area contributed by atoms with Crippen LogP contribution in [-0.2, 0) is 11.3 Å². The molecule has 0 aliphatic heterocycles. The second kappa shape index (κ2) is 5.59. The molecule has 4 heteroatoms. The molecule has 0 spiro atoms. The largest absolute Gasteiger partial charge is 0.384 e. The minimum absolute atomic E-state index is 0.584. The monoisotopic (exact) mass is 255 g/mol. The summed E-state index contributed by atoms with van der Waals surface area (Å²) in [6, 6.07) is 7.73. The van der Waals surface area contributed by atoms with Crippen molar-refractivity contribution < 1.29 is 4.74 Å². The molecule has 0 unspecified atom stereocenters. The number of aromatic nitrogens is 2. The minimum Gasteiger partial charge on any atom is -0.384 e. The Balaban J connectivity index is 2.36. The minimum atomic E-state index is 0.584. The summed E-state index contributed by atoms with van der Waals surface area (Å²) in [6.07, 6.45) is 5.35. The molecule has 0 saturated heterocycles. The molecular formula is C15H17N3O. The van der Waals surface area contributed by atoms with Crippen LogP contribution >= 0.6 is 0 Å². The number of hydrogen-bond donors (Lipinski definition) is 1. The van der Waals surface area contributed by atoms with Crippen molar-refractivity contribution in [3.63, 3.8) is 0 Å². The number of nitrogens with two attached hydrogens (primary N) is 1. The Hall–Kier alpha value is -2.25. The van der Waals surface area contributed by atoms with Gasteiger partial charge in [0.25, 0.3) is 0 Å². The first-order valence-corrected chi connectivity index (χ1v) is 6.06. The lowest BCUT2D eigenvalue weighted by Crippen LogP contribution is -2.09. The van der Waals surface area contributed by atoms with Gasteiger partial charge in [-0.3, -0.25) is 0 Å². The van der Waals surface area contributed by atoms with Crippen LogP contribution < -0.4 is 5.73 Å². The number of benzene rings is 1. The number of anilines is 1. The maximum Gasteiger partial charge on any atom is 0.125 e. The summed E-state index contributed by atoms with van der Waals surface area (Å²) in [5.41, 5.74) is 9.78. The Morgan fingerprint density at radius 1 is 1.37 bits per heavy atom. The number of methoxy groups -OCH3 is 1. The van der Waals surface area contributed by atoms with Crippen molar-refractivity contribution in [2.24, 2.45) is 0 Å². The average Bonchev–Trinajstić information content (AvgIpc) is 2.73. The Bertz CT molecular complexity index is 606. The van der Waals surface area contributed by atoms with E-state index >= 15 is 0 Å². The third-order valence-electron chi connectivity index (χ3n) is 3.07. The molecule has 0 aliphatic rings. The quantitative estimate of drug-likeness (QED) is 0.851. The van der Waals surface area contributed by atoms with Crippen LogP contribution in [0.4, 0.5) is 5.82 Å². The van der Waals surface area contributed by atoms with Crippen molar-refractivity contribution in [3.8, 4) is 23.6 Å². The lowest BCUT2D eigenvalue weighted by Gasteiger charge is -2.02. The van der Waals surface area contributed by atoms with E-state index in [2.05, 4.69) is 11.0 Å². The van der Waals surface area contributed by atoms with Gasteiger partial charge < -0.3 is 10.5 Å². The molecule has 2 rings (SSSR count). The predicted molar refractivity (Wildman–Crippen MR) is 76.6 cm³/mol. The third-order valence-corrected chi connectivity index (χ3v) is 3.07. The van der Waals surface area contributed by atoms with E-state index in [1.54, 1.807) is 11.8 Å². The van der Waals surface area contributed by atoms with Gasteiger partial charge in [0.1, 0.15) is 5.82 Å². The topological polar surface area (TPSA) is 53.1 Å². The Morgan fingerprint density at radius 3 is 2.63 bits per heavy atom. The van der Waals surface area contributed by atoms with Gasteiger partial charge in [-0.2, -0.15) is 5.10 Å². The standard InChI is InChI=1S/C15H17N3O/c1-4-12-5-7-13(8-6-12)14-11(2)15(16)18(17-14)9-10-19-3/h1,5-8H,9-10,16H2,2-3H3. The van der Waals surface area contributed by atoms with Gasteiger partial charge >= 0.3 is 0 Å². The molecule has 0 bridgehead atoms. The smallest absolute Gasteiger partial charge is 0.125 e. The first-order valence-electron chi connectivity index (χ1n) is 6.06. The van der Waals surface area contributed by atoms with Crippen LogP contribution in [0.2, 0.25) is 0 Å². The first-order chi connectivity index (χ1) is 9.17. The highest BCUT2D eigenvalue weighted by atomic mass is 16.5. The molecule has 0 saturated carbocycles. The lowest BCUT2D eigenvalue weighted by atomic mass is 10.1. The highest BCUT2D eigenvalue weighted by molar-refractivity contribution is 5.68. The van der Waals surface area contributed by atoms with E-state index in [0.29, 0.717) is 19.0 Å². The molecule has 4 nitrogen and oxygen atoms in total. The second-order valence-electron chi connectivity index (χ2n) is 4.30. The Kier molecular flexibility index (Phi) is 3.88. The van der Waals surface area contributed by atoms with Crippen molar-refractivity contribution in [1.29, 1.82) is 0 Å². The number of hydrogen-bond acceptors (Lipinski definition) is 3. The van der Waals surface area contributed by atoms with E-state index < -0.39 is 0 Å². The van der Waals surface area contributed by atoms with Gasteiger partial charge in [-0.15, -0.1) is 6.42 Å². The summed E-state index contributed by atoms with van der Waals surface area (Å²) >= 11 is 0. The molecule has 0 radical (unpaired) electrons. The van der Waals surface area contributed by atoms with Crippen molar-refractivity contribution in [3.05, 3.63) is 35.4 Å². The van der Waals surface area contributed by atoms with Crippen LogP contribution in [0.5, 0.6) is 0 Å². The van der Waals surface area contributed by atoms with Crippen molar-refractivity contribution in [2.75, 3.05) is 19.5 Å². The summed E-state index contributed by atoms with van der Waals surface area (Å²) in [4.78, 5) is 0. The van der Waals surface area contributed by atoms with Gasteiger partial charge in [0.05, 0.1) is 18.8 Å². The van der Waals surface area contributed by atoms with Crippen LogP contribution in [0.15, 0.2) is 24.3 Å². The maximum atomic E-state index is 6.05. The average molecular weight is 255 g/mol. The van der Waals surface area contributed by atoms with Crippen molar-refractivity contribution >= 4 is 5.82 Å². The fourth-order valence-electron chi connectivity index (χ4n) is 1.91. The number of nitrogen functional groups attached to an aromatic ring is 1. The molecule has 0 amide bonds. The summed E-state index contributed by atoms with van der Waals surface area (Å²) in [7, 11) is 1.66. The normalized spacial score (nSPS) is 10.4. The molecule has 0 atom stereocenters. The number of nitrogens with zero attached hydrogens (tertiary/aromatic N) is 2. The molecule has 1 aromatic heterocycles. The second-order valence-corrected chi connectivity index (χ2v) is 4.30. The van der Waals surface area contributed by atoms with Crippen LogP contribution in [-0.4, -0.2) is 23.5 Å². The van der Waals surface area contributed by atoms with Crippen molar-refractivity contribution in [2.45, 2.75) is 13.5 Å². The van der Waals surface area contributed by atoms with Gasteiger partial charge in [-0.25, -0.2) is 4.68 Å². The molecule has 0 fully saturated rings. The molecule has 0 aliphatic carbocycles. The highest BCUT2D eigenvalue weighted by Gasteiger charge is 2.13. The summed E-state index contributed by atoms with van der Waals surface area (Å²) in [5.74, 6) is 3.27. The zero-order chi connectivity index (χ0) is 13.8. The molecule has 1 aromatic carbocycles. The summed E-state index contributed by atoms with van der Waals surface area (Å²) in [5, 5.41) is 4.53. The number of rotatable bonds is 4. The van der Waals surface area contributed by atoms with Crippen LogP contribution in [0.25, 0.3) is 11.3 Å². The first kappa shape index (κ1) is 13.2. The fourth-order valence-corrected chi connectivity index (χ4v) is 1.91. The van der Waals surface area contributed by atoms with Gasteiger partial charge in [0, 0.05) is 23.8 Å². The third kappa shape index (κ3) is 2.61. The van der Waals surface area contributed by atoms with E-state index in [1.165, 1.54) is 0 Å². The van der Waals surface area contributed by atoms with Gasteiger partial charge in [-0.1, -0.05) is 18.1 Å². The van der Waals surface area contributed by atoms with E-state index in [-0.39, 0.29) is 0 Å². The van der Waals surface area contributed by atoms with Crippen LogP contribution in [0.3, 0.4) is 0 Å². The highest BCUT2D eigenvalue weighted by Crippen LogP contribution is 2.26. The van der Waals surface area contributed by atoms with E-state index in [4.69, 9.17) is 16.9 Å². The van der Waals surface area contributed by atoms with E-state index in [9.17, 15) is 0 Å². The maximum absolute atomic E-state index is 6.05. The molecular weight excluding hydrogens is 238 g/mol. The fraction of sp³-hybridized carbons (Fsp3) is 0.267. The SMILES string of the molecule is C#Cc1ccc(-c2nn(CCOC)c(N)c2C)cc1. The summed E-state index contributed by atoms with van der Waals surface area (Å²) in [6.45, 7) is 3.20. The van der Waals surface area contributed by atoms with Crippen LogP contribution in [0, 0.1) is 19.3 Å². The molecule has 2 aromatic rings. The predicted octanol–water partition coefficient (Wildman–Crippen LogP) is 2.07. The van der Waals surface area contributed by atoms with Crippen molar-refractivity contribution in [1.82, 2.24) is 9.78 Å². The molecule has 2 N–H and O–H groups in total. The van der Waals surface area contributed by atoms with Gasteiger partial charge in [-0.05, 0) is 19.1 Å². The van der Waals surface area contributed by atoms with Crippen LogP contribution in [0.1, 0.15) is 11.1 Å². The van der Waals surface area contributed by atoms with E-state index in [0.717, 1.165) is 22.4 Å².